The molecule has 0 N–H and O–H groups in total. The van der Waals surface area contributed by atoms with Gasteiger partial charge >= 0.3 is 0 Å². The van der Waals surface area contributed by atoms with Crippen molar-refractivity contribution in [3.8, 4) is 0 Å². The molecule has 1 rings (SSSR count). The van der Waals surface area contributed by atoms with Gasteiger partial charge in [-0.3, -0.25) is 0 Å². The molecule has 19 heavy (non-hydrogen) atoms. The van der Waals surface area contributed by atoms with E-state index in [2.05, 4.69) is 27.8 Å². The van der Waals surface area contributed by atoms with E-state index in [1.807, 2.05) is 19.1 Å². The van der Waals surface area contributed by atoms with Gasteiger partial charge in [-0.1, -0.05) is 41.9 Å². The lowest BCUT2D eigenvalue weighted by Crippen LogP contribution is -2.28. The van der Waals surface area contributed by atoms with E-state index in [4.69, 9.17) is 0 Å². The Labute approximate surface area is 125 Å². The number of sulfone groups is 1. The van der Waals surface area contributed by atoms with Gasteiger partial charge in [0.15, 0.2) is 9.84 Å². The van der Waals surface area contributed by atoms with Gasteiger partial charge in [0.1, 0.15) is 0 Å². The summed E-state index contributed by atoms with van der Waals surface area (Å²) in [5.74, 6) is 0.207. The van der Waals surface area contributed by atoms with E-state index in [-0.39, 0.29) is 5.75 Å². The lowest BCUT2D eigenvalue weighted by molar-refractivity contribution is 0.594. The minimum absolute atomic E-state index is 0.207. The number of hydrogen-bond donors (Lipinski definition) is 0. The van der Waals surface area contributed by atoms with Crippen LogP contribution < -0.4 is 4.90 Å². The molecule has 0 aliphatic rings. The molecule has 0 aliphatic heterocycles. The fourth-order valence-electron chi connectivity index (χ4n) is 2.08. The molecule has 108 valence electrons. The van der Waals surface area contributed by atoms with Crippen molar-refractivity contribution in [2.45, 2.75) is 31.6 Å². The van der Waals surface area contributed by atoms with Gasteiger partial charge in [0.2, 0.25) is 0 Å². The first kappa shape index (κ1) is 16.5. The second kappa shape index (κ2) is 7.90. The molecule has 0 heterocycles. The molecular formula is C14H22BrNO2S. The molecule has 0 saturated heterocycles. The number of halogens is 1. The predicted molar refractivity (Wildman–Crippen MR) is 85.1 cm³/mol. The fourth-order valence-corrected chi connectivity index (χ4v) is 4.07. The van der Waals surface area contributed by atoms with Gasteiger partial charge in [-0.25, -0.2) is 8.42 Å². The Bertz CT molecular complexity index is 482. The second-order valence-electron chi connectivity index (χ2n) is 4.46. The molecule has 0 spiro atoms. The molecular weight excluding hydrogens is 326 g/mol. The third kappa shape index (κ3) is 4.49. The Morgan fingerprint density at radius 2 is 1.79 bits per heavy atom. The first-order chi connectivity index (χ1) is 9.06. The monoisotopic (exact) mass is 347 g/mol. The largest absolute Gasteiger partial charge is 0.370 e. The molecule has 0 aliphatic carbocycles. The van der Waals surface area contributed by atoms with Crippen LogP contribution in [0.1, 0.15) is 26.7 Å². The SMILES string of the molecule is CCCN(CCBr)c1ccccc1S(=O)(=O)CCC. The van der Waals surface area contributed by atoms with Crippen LogP contribution in [0.25, 0.3) is 0 Å². The van der Waals surface area contributed by atoms with E-state index in [0.29, 0.717) is 11.3 Å². The summed E-state index contributed by atoms with van der Waals surface area (Å²) in [5, 5.41) is 0.829. The summed E-state index contributed by atoms with van der Waals surface area (Å²) in [4.78, 5) is 2.60. The third-order valence-electron chi connectivity index (χ3n) is 2.86. The van der Waals surface area contributed by atoms with Gasteiger partial charge in [0.25, 0.3) is 0 Å². The average Bonchev–Trinajstić information content (AvgIpc) is 2.38. The molecule has 0 bridgehead atoms. The highest BCUT2D eigenvalue weighted by Crippen LogP contribution is 2.26. The third-order valence-corrected chi connectivity index (χ3v) is 5.18. The second-order valence-corrected chi connectivity index (χ2v) is 7.33. The number of nitrogens with zero attached hydrogens (tertiary/aromatic N) is 1. The minimum Gasteiger partial charge on any atom is -0.370 e. The number of hydrogen-bond acceptors (Lipinski definition) is 3. The molecule has 0 fully saturated rings. The smallest absolute Gasteiger partial charge is 0.180 e. The molecule has 0 unspecified atom stereocenters. The Hall–Kier alpha value is -0.550. The predicted octanol–water partition coefficient (Wildman–Crippen LogP) is 3.48. The highest BCUT2D eigenvalue weighted by atomic mass is 79.9. The number of benzene rings is 1. The lowest BCUT2D eigenvalue weighted by atomic mass is 10.2. The maximum atomic E-state index is 12.3. The molecule has 0 atom stereocenters. The molecule has 5 heteroatoms. The van der Waals surface area contributed by atoms with Gasteiger partial charge in [0, 0.05) is 18.4 Å². The first-order valence-electron chi connectivity index (χ1n) is 6.69. The fraction of sp³-hybridized carbons (Fsp3) is 0.571. The van der Waals surface area contributed by atoms with Crippen LogP contribution in [0, 0.1) is 0 Å². The highest BCUT2D eigenvalue weighted by molar-refractivity contribution is 9.09. The minimum atomic E-state index is -3.18. The van der Waals surface area contributed by atoms with Crippen molar-refractivity contribution >= 4 is 31.5 Å². The van der Waals surface area contributed by atoms with Crippen LogP contribution in [-0.4, -0.2) is 32.6 Å². The topological polar surface area (TPSA) is 37.4 Å². The van der Waals surface area contributed by atoms with E-state index in [1.165, 1.54) is 0 Å². The van der Waals surface area contributed by atoms with Crippen molar-refractivity contribution in [3.05, 3.63) is 24.3 Å². The van der Waals surface area contributed by atoms with E-state index in [1.54, 1.807) is 12.1 Å². The molecule has 1 aromatic rings. The quantitative estimate of drug-likeness (QED) is 0.675. The van der Waals surface area contributed by atoms with Crippen LogP contribution in [0.15, 0.2) is 29.2 Å². The Balaban J connectivity index is 3.20. The van der Waals surface area contributed by atoms with Crippen LogP contribution in [-0.2, 0) is 9.84 Å². The van der Waals surface area contributed by atoms with E-state index < -0.39 is 9.84 Å². The molecule has 3 nitrogen and oxygen atoms in total. The Kier molecular flexibility index (Phi) is 6.86. The van der Waals surface area contributed by atoms with E-state index >= 15 is 0 Å². The maximum absolute atomic E-state index is 12.3. The van der Waals surface area contributed by atoms with Gasteiger partial charge in [-0.05, 0) is 25.0 Å². The number of anilines is 1. The normalized spacial score (nSPS) is 11.5. The zero-order valence-corrected chi connectivity index (χ0v) is 14.0. The summed E-state index contributed by atoms with van der Waals surface area (Å²) in [6.45, 7) is 5.67. The van der Waals surface area contributed by atoms with Crippen molar-refractivity contribution in [2.75, 3.05) is 29.1 Å². The number of alkyl halides is 1. The molecule has 1 aromatic carbocycles. The number of rotatable bonds is 8. The molecule has 0 saturated carbocycles. The summed E-state index contributed by atoms with van der Waals surface area (Å²) < 4.78 is 24.7. The van der Waals surface area contributed by atoms with Crippen molar-refractivity contribution in [3.63, 3.8) is 0 Å². The van der Waals surface area contributed by atoms with Gasteiger partial charge in [-0.2, -0.15) is 0 Å². The van der Waals surface area contributed by atoms with Gasteiger partial charge in [-0.15, -0.1) is 0 Å². The zero-order chi connectivity index (χ0) is 14.3. The van der Waals surface area contributed by atoms with E-state index in [0.717, 1.165) is 30.5 Å². The van der Waals surface area contributed by atoms with Crippen LogP contribution in [0.2, 0.25) is 0 Å². The summed E-state index contributed by atoms with van der Waals surface area (Å²) in [6, 6.07) is 7.32. The molecule has 0 radical (unpaired) electrons. The molecule has 0 amide bonds. The summed E-state index contributed by atoms with van der Waals surface area (Å²) in [5.41, 5.74) is 0.831. The zero-order valence-electron chi connectivity index (χ0n) is 11.6. The van der Waals surface area contributed by atoms with Gasteiger partial charge < -0.3 is 4.90 Å². The Morgan fingerprint density at radius 3 is 2.37 bits per heavy atom. The summed E-state index contributed by atoms with van der Waals surface area (Å²) >= 11 is 3.43. The molecule has 0 aromatic heterocycles. The maximum Gasteiger partial charge on any atom is 0.180 e. The van der Waals surface area contributed by atoms with Crippen molar-refractivity contribution in [2.24, 2.45) is 0 Å². The van der Waals surface area contributed by atoms with Crippen molar-refractivity contribution < 1.29 is 8.42 Å². The number of para-hydroxylation sites is 1. The average molecular weight is 348 g/mol. The standard InChI is InChI=1S/C14H22BrNO2S/c1-3-10-16(11-9-15)13-7-5-6-8-14(13)19(17,18)12-4-2/h5-8H,3-4,9-12H2,1-2H3. The van der Waals surface area contributed by atoms with Crippen LogP contribution in [0.5, 0.6) is 0 Å². The van der Waals surface area contributed by atoms with Crippen molar-refractivity contribution in [1.82, 2.24) is 0 Å². The lowest BCUT2D eigenvalue weighted by Gasteiger charge is -2.25. The van der Waals surface area contributed by atoms with Crippen LogP contribution in [0.4, 0.5) is 5.69 Å². The summed E-state index contributed by atoms with van der Waals surface area (Å²) in [7, 11) is -3.18. The van der Waals surface area contributed by atoms with E-state index in [9.17, 15) is 8.42 Å². The highest BCUT2D eigenvalue weighted by Gasteiger charge is 2.20. The van der Waals surface area contributed by atoms with Crippen molar-refractivity contribution in [1.29, 1.82) is 0 Å². The first-order valence-corrected chi connectivity index (χ1v) is 9.46. The van der Waals surface area contributed by atoms with Gasteiger partial charge in [0.05, 0.1) is 16.3 Å². The van der Waals surface area contributed by atoms with Crippen LogP contribution in [0.3, 0.4) is 0 Å². The van der Waals surface area contributed by atoms with Crippen LogP contribution >= 0.6 is 15.9 Å². The Morgan fingerprint density at radius 1 is 1.11 bits per heavy atom. The summed E-state index contributed by atoms with van der Waals surface area (Å²) in [6.07, 6.45) is 1.64.